The molecule has 5 aromatic carbocycles. The number of hydrogen-bond donors (Lipinski definition) is 0. The van der Waals surface area contributed by atoms with E-state index in [-0.39, 0.29) is 0 Å². The maximum atomic E-state index is 6.65. The quantitative estimate of drug-likeness (QED) is 0.194. The molecule has 1 aliphatic heterocycles. The summed E-state index contributed by atoms with van der Waals surface area (Å²) in [6, 6.07) is 34.2. The first-order valence-electron chi connectivity index (χ1n) is 14.9. The standard InChI is InChI=1S/C38H21N3OS/c1-5-14-31-22(8-1)27-19-26-25-18-20(21-10-7-11-24-23-9-2-6-15-32(23)43-37(21)24)16-17-28(25)39-34(26)33(36(27)42-31)35-38(39)41-30-13-4-3-12-29(30)40(35)41/h1-19,29-30H. The van der Waals surface area contributed by atoms with Gasteiger partial charge in [-0.05, 0) is 41.5 Å². The molecule has 2 unspecified atom stereocenters. The van der Waals surface area contributed by atoms with Crippen molar-refractivity contribution in [3.8, 4) is 11.1 Å². The molecule has 2 aliphatic rings. The number of fused-ring (bicyclic) bond motifs is 19. The number of thiophene rings is 1. The first-order chi connectivity index (χ1) is 21.3. The minimum absolute atomic E-state index is 0.363. The van der Waals surface area contributed by atoms with Gasteiger partial charge < -0.3 is 4.42 Å². The summed E-state index contributed by atoms with van der Waals surface area (Å²) in [5.41, 5.74) is 9.60. The van der Waals surface area contributed by atoms with Crippen LogP contribution in [0.5, 0.6) is 0 Å². The molecule has 6 heterocycles. The SMILES string of the molecule is C1=CC2C(C=C1)n1c3c(c4c5oc6ccccc6c5cc5c6cc(-c7cccc8c7sc7ccccc78)ccc6n3c54)n12. The number of furan rings is 1. The van der Waals surface area contributed by atoms with Crippen LogP contribution in [0.1, 0.15) is 12.1 Å². The molecule has 0 saturated carbocycles. The van der Waals surface area contributed by atoms with Gasteiger partial charge in [-0.3, -0.25) is 13.8 Å². The Labute approximate surface area is 247 Å². The van der Waals surface area contributed by atoms with Crippen molar-refractivity contribution in [2.24, 2.45) is 0 Å². The van der Waals surface area contributed by atoms with Crippen molar-refractivity contribution in [2.45, 2.75) is 12.1 Å². The molecule has 0 bridgehead atoms. The van der Waals surface area contributed by atoms with E-state index in [2.05, 4.69) is 129 Å². The van der Waals surface area contributed by atoms with Crippen molar-refractivity contribution < 1.29 is 4.42 Å². The predicted molar refractivity (Wildman–Crippen MR) is 179 cm³/mol. The highest BCUT2D eigenvalue weighted by atomic mass is 32.1. The molecule has 0 amide bonds. The van der Waals surface area contributed by atoms with Crippen molar-refractivity contribution in [2.75, 3.05) is 0 Å². The van der Waals surface area contributed by atoms with Gasteiger partial charge in [0.1, 0.15) is 16.7 Å². The second-order valence-corrected chi connectivity index (χ2v) is 13.1. The van der Waals surface area contributed by atoms with Crippen molar-refractivity contribution in [1.29, 1.82) is 0 Å². The summed E-state index contributed by atoms with van der Waals surface area (Å²) in [6.07, 6.45) is 9.02. The number of rotatable bonds is 1. The van der Waals surface area contributed by atoms with Crippen molar-refractivity contribution in [3.05, 3.63) is 115 Å². The van der Waals surface area contributed by atoms with E-state index in [0.717, 1.165) is 11.2 Å². The Morgan fingerprint density at radius 1 is 0.628 bits per heavy atom. The summed E-state index contributed by atoms with van der Waals surface area (Å²) in [5.74, 6) is 0. The van der Waals surface area contributed by atoms with E-state index in [1.54, 1.807) is 0 Å². The van der Waals surface area contributed by atoms with E-state index in [4.69, 9.17) is 4.42 Å². The van der Waals surface area contributed by atoms with Crippen molar-refractivity contribution in [3.63, 3.8) is 0 Å². The zero-order valence-electron chi connectivity index (χ0n) is 22.8. The molecule has 4 nitrogen and oxygen atoms in total. The Hall–Kier alpha value is -5.26. The van der Waals surface area contributed by atoms with E-state index in [9.17, 15) is 0 Å². The minimum atomic E-state index is 0.363. The van der Waals surface area contributed by atoms with E-state index in [0.29, 0.717) is 12.1 Å². The summed E-state index contributed by atoms with van der Waals surface area (Å²) < 4.78 is 16.8. The molecule has 5 aromatic heterocycles. The normalized spacial score (nSPS) is 18.0. The third-order valence-electron chi connectivity index (χ3n) is 10.1. The van der Waals surface area contributed by atoms with E-state index >= 15 is 0 Å². The fraction of sp³-hybridized carbons (Fsp3) is 0.0526. The van der Waals surface area contributed by atoms with Crippen LogP contribution in [0.15, 0.2) is 120 Å². The molecular weight excluding hydrogens is 547 g/mol. The topological polar surface area (TPSA) is 27.4 Å². The Bertz CT molecular complexity index is 2920. The van der Waals surface area contributed by atoms with Crippen LogP contribution in [0.25, 0.3) is 91.6 Å². The van der Waals surface area contributed by atoms with Gasteiger partial charge in [-0.25, -0.2) is 0 Å². The summed E-state index contributed by atoms with van der Waals surface area (Å²) in [4.78, 5) is 0. The van der Waals surface area contributed by atoms with Crippen LogP contribution in [-0.4, -0.2) is 13.8 Å². The van der Waals surface area contributed by atoms with Crippen LogP contribution >= 0.6 is 11.3 Å². The molecule has 0 fully saturated rings. The van der Waals surface area contributed by atoms with Crippen LogP contribution in [0.3, 0.4) is 0 Å². The van der Waals surface area contributed by atoms with E-state index in [1.807, 2.05) is 11.3 Å². The second-order valence-electron chi connectivity index (χ2n) is 12.1. The summed E-state index contributed by atoms with van der Waals surface area (Å²) in [7, 11) is 0. The molecular formula is C38H21N3OS. The maximum Gasteiger partial charge on any atom is 0.160 e. The maximum absolute atomic E-state index is 6.65. The monoisotopic (exact) mass is 567 g/mol. The molecule has 5 heteroatoms. The van der Waals surface area contributed by atoms with Gasteiger partial charge in [0.05, 0.1) is 28.5 Å². The number of allylic oxidation sites excluding steroid dienone is 4. The third-order valence-corrected chi connectivity index (χ3v) is 11.3. The number of aromatic nitrogens is 3. The van der Waals surface area contributed by atoms with Gasteiger partial charge in [0.2, 0.25) is 0 Å². The molecule has 0 saturated heterocycles. The Morgan fingerprint density at radius 3 is 2.37 bits per heavy atom. The fourth-order valence-electron chi connectivity index (χ4n) is 8.29. The molecule has 1 aliphatic carbocycles. The van der Waals surface area contributed by atoms with Gasteiger partial charge in [-0.1, -0.05) is 85.0 Å². The summed E-state index contributed by atoms with van der Waals surface area (Å²) in [5, 5.41) is 8.86. The number of benzene rings is 5. The largest absolute Gasteiger partial charge is 0.455 e. The van der Waals surface area contributed by atoms with Crippen LogP contribution in [-0.2, 0) is 0 Å². The lowest BCUT2D eigenvalue weighted by atomic mass is 9.96. The van der Waals surface area contributed by atoms with Gasteiger partial charge in [0.25, 0.3) is 0 Å². The molecule has 0 N–H and O–H groups in total. The number of nitrogens with zero attached hydrogens (tertiary/aromatic N) is 3. The lowest BCUT2D eigenvalue weighted by molar-refractivity contribution is 0.212. The molecule has 10 aromatic rings. The van der Waals surface area contributed by atoms with Gasteiger partial charge in [-0.15, -0.1) is 11.3 Å². The van der Waals surface area contributed by atoms with Gasteiger partial charge >= 0.3 is 0 Å². The van der Waals surface area contributed by atoms with E-state index < -0.39 is 0 Å². The Balaban J connectivity index is 1.24. The zero-order valence-corrected chi connectivity index (χ0v) is 23.6. The van der Waals surface area contributed by atoms with Crippen LogP contribution in [0.2, 0.25) is 0 Å². The van der Waals surface area contributed by atoms with Gasteiger partial charge in [0, 0.05) is 41.7 Å². The molecule has 0 radical (unpaired) electrons. The highest BCUT2D eigenvalue weighted by Crippen LogP contribution is 2.54. The highest BCUT2D eigenvalue weighted by Gasteiger charge is 2.43. The van der Waals surface area contributed by atoms with Crippen molar-refractivity contribution >= 4 is 91.8 Å². The molecule has 200 valence electrons. The molecule has 2 atom stereocenters. The summed E-state index contributed by atoms with van der Waals surface area (Å²) >= 11 is 1.89. The summed E-state index contributed by atoms with van der Waals surface area (Å²) in [6.45, 7) is 0. The highest BCUT2D eigenvalue weighted by molar-refractivity contribution is 7.26. The Morgan fingerprint density at radius 2 is 1.44 bits per heavy atom. The average molecular weight is 568 g/mol. The van der Waals surface area contributed by atoms with Gasteiger partial charge in [0.15, 0.2) is 5.65 Å². The van der Waals surface area contributed by atoms with E-state index in [1.165, 1.54) is 80.4 Å². The van der Waals surface area contributed by atoms with Crippen molar-refractivity contribution in [1.82, 2.24) is 13.8 Å². The zero-order chi connectivity index (χ0) is 27.6. The fourth-order valence-corrected chi connectivity index (χ4v) is 9.53. The van der Waals surface area contributed by atoms with Gasteiger partial charge in [-0.2, -0.15) is 0 Å². The average Bonchev–Trinajstić information content (AvgIpc) is 3.76. The number of hydrogen-bond acceptors (Lipinski definition) is 2. The van der Waals surface area contributed by atoms with Crippen LogP contribution in [0.4, 0.5) is 0 Å². The van der Waals surface area contributed by atoms with Crippen LogP contribution in [0, 0.1) is 0 Å². The first kappa shape index (κ1) is 21.4. The third kappa shape index (κ3) is 2.30. The predicted octanol–water partition coefficient (Wildman–Crippen LogP) is 10.6. The molecule has 12 rings (SSSR count). The second kappa shape index (κ2) is 7.02. The molecule has 0 spiro atoms. The van der Waals surface area contributed by atoms with Crippen LogP contribution < -0.4 is 0 Å². The number of para-hydroxylation sites is 1. The first-order valence-corrected chi connectivity index (χ1v) is 15.7. The Kier molecular flexibility index (Phi) is 3.50. The minimum Gasteiger partial charge on any atom is -0.455 e. The lowest BCUT2D eigenvalue weighted by Gasteiger charge is -2.47. The smallest absolute Gasteiger partial charge is 0.160 e. The lowest BCUT2D eigenvalue weighted by Crippen LogP contribution is -2.44. The molecule has 43 heavy (non-hydrogen) atoms.